The van der Waals surface area contributed by atoms with E-state index in [1.54, 1.807) is 0 Å². The average Bonchev–Trinajstić information content (AvgIpc) is 3.26. The largest absolute Gasteiger partial charge is 0.276 e. The third kappa shape index (κ3) is 6.29. The summed E-state index contributed by atoms with van der Waals surface area (Å²) in [6.07, 6.45) is 19.5. The quantitative estimate of drug-likeness (QED) is 0.113. The number of para-hydroxylation sites is 1. The van der Waals surface area contributed by atoms with Crippen molar-refractivity contribution in [3.05, 3.63) is 223 Å². The summed E-state index contributed by atoms with van der Waals surface area (Å²) in [5.74, 6) is 0.245. The van der Waals surface area contributed by atoms with Gasteiger partial charge in [-0.3, -0.25) is 4.99 Å². The van der Waals surface area contributed by atoms with Gasteiger partial charge in [-0.25, -0.2) is 4.98 Å². The van der Waals surface area contributed by atoms with E-state index in [0.717, 1.165) is 50.3 Å². The smallest absolute Gasteiger partial charge is 0.0819 e. The first-order chi connectivity index (χ1) is 27.5. The van der Waals surface area contributed by atoms with E-state index < -0.39 is 0 Å². The van der Waals surface area contributed by atoms with Gasteiger partial charge in [-0.05, 0) is 86.5 Å². The van der Waals surface area contributed by atoms with Gasteiger partial charge in [-0.1, -0.05) is 183 Å². The van der Waals surface area contributed by atoms with E-state index >= 15 is 0 Å². The van der Waals surface area contributed by atoms with Gasteiger partial charge in [-0.2, -0.15) is 0 Å². The summed E-state index contributed by atoms with van der Waals surface area (Å²) < 4.78 is 0. The first-order valence-corrected chi connectivity index (χ1v) is 19.3. The topological polar surface area (TPSA) is 25.2 Å². The highest BCUT2D eigenvalue weighted by Gasteiger charge is 2.26. The molecule has 2 aliphatic rings. The van der Waals surface area contributed by atoms with Crippen molar-refractivity contribution in [2.75, 3.05) is 0 Å². The second-order valence-corrected chi connectivity index (χ2v) is 14.6. The van der Waals surface area contributed by atoms with Crippen LogP contribution in [0.5, 0.6) is 0 Å². The Bertz CT molecular complexity index is 2940. The number of aliphatic imine (C=N–C) groups is 1. The zero-order valence-corrected chi connectivity index (χ0v) is 31.8. The van der Waals surface area contributed by atoms with Crippen LogP contribution in [0.25, 0.3) is 65.6 Å². The van der Waals surface area contributed by atoms with E-state index in [0.29, 0.717) is 0 Å². The molecule has 2 atom stereocenters. The highest BCUT2D eigenvalue weighted by Crippen LogP contribution is 2.43. The van der Waals surface area contributed by atoms with Crippen molar-refractivity contribution < 1.29 is 0 Å². The van der Waals surface area contributed by atoms with Crippen LogP contribution in [0.4, 0.5) is 0 Å². The summed E-state index contributed by atoms with van der Waals surface area (Å²) in [7, 11) is 0. The number of aromatic nitrogens is 1. The standard InChI is InChI=1S/C54H42N2/c1-5-38(49-34-33-42-32-29-41(37(4)53(42)55-49)26-24-35(2)39-15-7-6-8-16-39)25-23-36(3)40-27-30-43(31-28-40)54-52-47-20-12-10-18-45(47)44-17-9-11-19-46(44)51(52)48-21-13-14-22-50(48)56-54/h5-34,42,53H,2-3H2,1,4H3/b25-23-,26-24-,38-5+. The molecule has 0 saturated heterocycles. The molecule has 0 amide bonds. The van der Waals surface area contributed by atoms with E-state index in [1.807, 2.05) is 18.2 Å². The highest BCUT2D eigenvalue weighted by molar-refractivity contribution is 6.33. The third-order valence-electron chi connectivity index (χ3n) is 11.3. The van der Waals surface area contributed by atoms with Crippen LogP contribution >= 0.6 is 0 Å². The Balaban J connectivity index is 0.998. The highest BCUT2D eigenvalue weighted by atomic mass is 14.8. The minimum atomic E-state index is 0.0543. The summed E-state index contributed by atoms with van der Waals surface area (Å²) in [5.41, 5.74) is 11.7. The summed E-state index contributed by atoms with van der Waals surface area (Å²) >= 11 is 0. The summed E-state index contributed by atoms with van der Waals surface area (Å²) in [6, 6.07) is 45.0. The van der Waals surface area contributed by atoms with Gasteiger partial charge in [0.05, 0.1) is 23.0 Å². The van der Waals surface area contributed by atoms with Crippen molar-refractivity contribution in [2.45, 2.75) is 19.9 Å². The monoisotopic (exact) mass is 718 g/mol. The number of fused-ring (bicyclic) bond motifs is 9. The fourth-order valence-corrected chi connectivity index (χ4v) is 8.25. The van der Waals surface area contributed by atoms with Crippen molar-refractivity contribution in [3.63, 3.8) is 0 Å². The lowest BCUT2D eigenvalue weighted by Crippen LogP contribution is -2.25. The first kappa shape index (κ1) is 34.8. The van der Waals surface area contributed by atoms with Crippen LogP contribution in [0.3, 0.4) is 0 Å². The molecule has 1 aliphatic heterocycles. The Hall–Kier alpha value is -6.90. The van der Waals surface area contributed by atoms with Gasteiger partial charge in [0.25, 0.3) is 0 Å². The first-order valence-electron chi connectivity index (χ1n) is 19.3. The van der Waals surface area contributed by atoms with E-state index in [4.69, 9.17) is 9.98 Å². The number of nitrogens with zero attached hydrogens (tertiary/aromatic N) is 2. The van der Waals surface area contributed by atoms with Gasteiger partial charge < -0.3 is 0 Å². The predicted octanol–water partition coefficient (Wildman–Crippen LogP) is 14.0. The molecule has 1 aliphatic carbocycles. The van der Waals surface area contributed by atoms with Gasteiger partial charge in [0.1, 0.15) is 0 Å². The number of hydrogen-bond donors (Lipinski definition) is 0. The molecule has 9 rings (SSSR count). The number of hydrogen-bond acceptors (Lipinski definition) is 2. The molecule has 1 aromatic heterocycles. The number of rotatable bonds is 8. The molecule has 0 bridgehead atoms. The van der Waals surface area contributed by atoms with Gasteiger partial charge in [0.2, 0.25) is 0 Å². The molecule has 0 N–H and O–H groups in total. The van der Waals surface area contributed by atoms with E-state index in [2.05, 4.69) is 191 Å². The lowest BCUT2D eigenvalue weighted by Gasteiger charge is -2.28. The van der Waals surface area contributed by atoms with Gasteiger partial charge in [0.15, 0.2) is 0 Å². The number of allylic oxidation sites excluding steroid dienone is 11. The fraction of sp³-hybridized carbons (Fsp3) is 0.0741. The maximum atomic E-state index is 5.32. The minimum Gasteiger partial charge on any atom is -0.276 e. The zero-order valence-electron chi connectivity index (χ0n) is 31.8. The molecule has 2 heteroatoms. The Morgan fingerprint density at radius 1 is 0.589 bits per heavy atom. The van der Waals surface area contributed by atoms with Crippen molar-refractivity contribution in [3.8, 4) is 11.3 Å². The molecule has 2 unspecified atom stereocenters. The lowest BCUT2D eigenvalue weighted by atomic mass is 9.83. The van der Waals surface area contributed by atoms with Crippen LogP contribution in [-0.4, -0.2) is 16.7 Å². The fourth-order valence-electron chi connectivity index (χ4n) is 8.25. The molecule has 2 heterocycles. The molecule has 2 nitrogen and oxygen atoms in total. The van der Waals surface area contributed by atoms with Crippen LogP contribution in [0.2, 0.25) is 0 Å². The van der Waals surface area contributed by atoms with Crippen molar-refractivity contribution >= 4 is 60.1 Å². The summed E-state index contributed by atoms with van der Waals surface area (Å²) in [5, 5.41) is 8.57. The second kappa shape index (κ2) is 14.7. The molecule has 0 fully saturated rings. The zero-order chi connectivity index (χ0) is 38.2. The third-order valence-corrected chi connectivity index (χ3v) is 11.3. The van der Waals surface area contributed by atoms with Crippen LogP contribution in [0.15, 0.2) is 217 Å². The van der Waals surface area contributed by atoms with Crippen LogP contribution in [0, 0.1) is 5.92 Å². The summed E-state index contributed by atoms with van der Waals surface area (Å²) in [6.45, 7) is 13.0. The maximum absolute atomic E-state index is 5.32. The van der Waals surface area contributed by atoms with Crippen molar-refractivity contribution in [2.24, 2.45) is 10.9 Å². The Morgan fingerprint density at radius 2 is 1.18 bits per heavy atom. The predicted molar refractivity (Wildman–Crippen MR) is 242 cm³/mol. The van der Waals surface area contributed by atoms with Gasteiger partial charge in [-0.15, -0.1) is 0 Å². The molecule has 0 radical (unpaired) electrons. The van der Waals surface area contributed by atoms with E-state index in [9.17, 15) is 0 Å². The second-order valence-electron chi connectivity index (χ2n) is 14.6. The molecular weight excluding hydrogens is 677 g/mol. The van der Waals surface area contributed by atoms with Gasteiger partial charge in [0, 0.05) is 27.6 Å². The average molecular weight is 719 g/mol. The Kier molecular flexibility index (Phi) is 9.17. The van der Waals surface area contributed by atoms with Gasteiger partial charge >= 0.3 is 0 Å². The SMILES string of the molecule is C=C(/C=C\C1=C(C)C2N=C(C(/C=C\C(=C)c3ccc(-c4nc5ccccc5c5c6ccccc6c6ccccc6c45)cc3)=C/C)C=CC2C=C1)c1ccccc1. The lowest BCUT2D eigenvalue weighted by molar-refractivity contribution is 0.642. The Morgan fingerprint density at radius 3 is 1.89 bits per heavy atom. The van der Waals surface area contributed by atoms with E-state index in [1.165, 1.54) is 48.8 Å². The van der Waals surface area contributed by atoms with Crippen molar-refractivity contribution in [1.29, 1.82) is 0 Å². The van der Waals surface area contributed by atoms with Crippen LogP contribution in [-0.2, 0) is 0 Å². The number of benzene rings is 6. The number of pyridine rings is 1. The summed E-state index contributed by atoms with van der Waals surface area (Å²) in [4.78, 5) is 10.6. The normalized spacial score (nSPS) is 17.1. The molecule has 0 spiro atoms. The van der Waals surface area contributed by atoms with E-state index in [-0.39, 0.29) is 12.0 Å². The van der Waals surface area contributed by atoms with Crippen LogP contribution in [0.1, 0.15) is 25.0 Å². The molecule has 56 heavy (non-hydrogen) atoms. The molecule has 7 aromatic rings. The molecular formula is C54H42N2. The molecule has 6 aromatic carbocycles. The maximum Gasteiger partial charge on any atom is 0.0819 e. The number of dihydropyridines is 1. The van der Waals surface area contributed by atoms with Crippen LogP contribution < -0.4 is 0 Å². The molecule has 0 saturated carbocycles. The Labute approximate surface area is 329 Å². The molecule has 268 valence electrons. The van der Waals surface area contributed by atoms with Crippen molar-refractivity contribution in [1.82, 2.24) is 4.98 Å². The minimum absolute atomic E-state index is 0.0543.